The van der Waals surface area contributed by atoms with Gasteiger partial charge >= 0.3 is 0 Å². The number of fused-ring (bicyclic) bond motifs is 1. The van der Waals surface area contributed by atoms with Gasteiger partial charge in [0.05, 0.1) is 15.7 Å². The number of aromatic nitrogens is 1. The molecule has 6 heteroatoms. The van der Waals surface area contributed by atoms with Gasteiger partial charge in [0.25, 0.3) is 5.91 Å². The number of oxazole rings is 1. The van der Waals surface area contributed by atoms with Crippen LogP contribution in [0.5, 0.6) is 0 Å². The molecular formula is C15H10Cl2N2O2. The zero-order valence-corrected chi connectivity index (χ0v) is 12.5. The second-order valence-corrected chi connectivity index (χ2v) is 5.28. The number of nitrogens with one attached hydrogen (secondary N) is 1. The Kier molecular flexibility index (Phi) is 3.57. The molecule has 106 valence electrons. The molecule has 3 rings (SSSR count). The number of aryl methyl sites for hydroxylation is 1. The molecule has 21 heavy (non-hydrogen) atoms. The number of para-hydroxylation sites is 1. The van der Waals surface area contributed by atoms with E-state index >= 15 is 0 Å². The molecule has 0 aliphatic rings. The minimum Gasteiger partial charge on any atom is -0.441 e. The Bertz CT molecular complexity index is 823. The van der Waals surface area contributed by atoms with Gasteiger partial charge in [-0.2, -0.15) is 0 Å². The fourth-order valence-corrected chi connectivity index (χ4v) is 2.48. The van der Waals surface area contributed by atoms with Gasteiger partial charge in [-0.05, 0) is 30.3 Å². The summed E-state index contributed by atoms with van der Waals surface area (Å²) in [5.41, 5.74) is 2.11. The lowest BCUT2D eigenvalue weighted by molar-refractivity contribution is 0.102. The number of carbonyl (C=O) groups is 1. The summed E-state index contributed by atoms with van der Waals surface area (Å²) in [5.74, 6) is 0.240. The number of amides is 1. The van der Waals surface area contributed by atoms with Crippen molar-refractivity contribution in [2.75, 3.05) is 5.32 Å². The maximum atomic E-state index is 12.3. The lowest BCUT2D eigenvalue weighted by Gasteiger charge is -2.08. The summed E-state index contributed by atoms with van der Waals surface area (Å²) < 4.78 is 5.37. The number of anilines is 1. The summed E-state index contributed by atoms with van der Waals surface area (Å²) in [6.45, 7) is 1.75. The van der Waals surface area contributed by atoms with Crippen molar-refractivity contribution in [3.63, 3.8) is 0 Å². The third-order valence-electron chi connectivity index (χ3n) is 2.96. The summed E-state index contributed by atoms with van der Waals surface area (Å²) in [6, 6.07) is 10.1. The van der Waals surface area contributed by atoms with Gasteiger partial charge in [0.15, 0.2) is 11.5 Å². The van der Waals surface area contributed by atoms with Crippen LogP contribution in [0.3, 0.4) is 0 Å². The summed E-state index contributed by atoms with van der Waals surface area (Å²) in [4.78, 5) is 16.5. The number of hydrogen-bond acceptors (Lipinski definition) is 3. The first-order chi connectivity index (χ1) is 10.0. The Labute approximate surface area is 130 Å². The molecule has 0 bridgehead atoms. The summed E-state index contributed by atoms with van der Waals surface area (Å²) >= 11 is 12.1. The Morgan fingerprint density at radius 1 is 1.19 bits per heavy atom. The molecule has 0 aliphatic heterocycles. The molecule has 1 amide bonds. The van der Waals surface area contributed by atoms with Crippen LogP contribution < -0.4 is 5.32 Å². The number of carbonyl (C=O) groups excluding carboxylic acids is 1. The topological polar surface area (TPSA) is 55.1 Å². The van der Waals surface area contributed by atoms with Crippen LogP contribution in [0.4, 0.5) is 5.69 Å². The van der Waals surface area contributed by atoms with Gasteiger partial charge in [-0.15, -0.1) is 0 Å². The minimum absolute atomic E-state index is 0.312. The Balaban J connectivity index is 1.93. The summed E-state index contributed by atoms with van der Waals surface area (Å²) in [6.07, 6.45) is 0. The number of benzene rings is 2. The molecule has 0 aliphatic carbocycles. The van der Waals surface area contributed by atoms with Gasteiger partial charge in [0.2, 0.25) is 0 Å². The number of nitrogens with zero attached hydrogens (tertiary/aromatic N) is 1. The van der Waals surface area contributed by atoms with Crippen LogP contribution in [0.25, 0.3) is 11.1 Å². The zero-order chi connectivity index (χ0) is 15.0. The molecule has 1 aromatic heterocycles. The normalized spacial score (nSPS) is 10.8. The van der Waals surface area contributed by atoms with E-state index in [9.17, 15) is 4.79 Å². The third-order valence-corrected chi connectivity index (χ3v) is 3.59. The second-order valence-electron chi connectivity index (χ2n) is 4.47. The molecule has 4 nitrogen and oxygen atoms in total. The molecule has 0 unspecified atom stereocenters. The van der Waals surface area contributed by atoms with Gasteiger partial charge in [0.1, 0.15) is 5.52 Å². The average molecular weight is 321 g/mol. The minimum atomic E-state index is -0.312. The first kappa shape index (κ1) is 13.9. The van der Waals surface area contributed by atoms with Gasteiger partial charge in [-0.1, -0.05) is 29.3 Å². The van der Waals surface area contributed by atoms with Gasteiger partial charge < -0.3 is 9.73 Å². The molecule has 0 saturated carbocycles. The Morgan fingerprint density at radius 3 is 2.62 bits per heavy atom. The van der Waals surface area contributed by atoms with E-state index < -0.39 is 0 Å². The number of halogens is 2. The van der Waals surface area contributed by atoms with Gasteiger partial charge in [-0.3, -0.25) is 4.79 Å². The highest BCUT2D eigenvalue weighted by atomic mass is 35.5. The van der Waals surface area contributed by atoms with E-state index in [-0.39, 0.29) is 5.91 Å². The highest BCUT2D eigenvalue weighted by Gasteiger charge is 2.13. The fraction of sp³-hybridized carbons (Fsp3) is 0.0667. The van der Waals surface area contributed by atoms with Crippen molar-refractivity contribution in [1.29, 1.82) is 0 Å². The van der Waals surface area contributed by atoms with Crippen molar-refractivity contribution in [3.8, 4) is 0 Å². The molecule has 0 atom stereocenters. The Hall–Kier alpha value is -2.04. The lowest BCUT2D eigenvalue weighted by Crippen LogP contribution is -2.12. The smallest absolute Gasteiger partial charge is 0.255 e. The van der Waals surface area contributed by atoms with Crippen LogP contribution in [-0.2, 0) is 0 Å². The quantitative estimate of drug-likeness (QED) is 0.744. The summed E-state index contributed by atoms with van der Waals surface area (Å²) in [5, 5.41) is 3.47. The van der Waals surface area contributed by atoms with E-state index in [1.807, 2.05) is 0 Å². The number of rotatable bonds is 2. The van der Waals surface area contributed by atoms with E-state index in [1.165, 1.54) is 0 Å². The molecule has 1 N–H and O–H groups in total. The predicted octanol–water partition coefficient (Wildman–Crippen LogP) is 4.70. The molecular weight excluding hydrogens is 311 g/mol. The van der Waals surface area contributed by atoms with Crippen molar-refractivity contribution in [3.05, 3.63) is 57.9 Å². The maximum absolute atomic E-state index is 12.3. The molecule has 0 fully saturated rings. The van der Waals surface area contributed by atoms with Crippen LogP contribution >= 0.6 is 23.2 Å². The maximum Gasteiger partial charge on any atom is 0.255 e. The molecule has 2 aromatic carbocycles. The molecule has 1 heterocycles. The second kappa shape index (κ2) is 5.39. The van der Waals surface area contributed by atoms with Crippen LogP contribution in [0.15, 0.2) is 40.8 Å². The molecule has 0 radical (unpaired) electrons. The van der Waals surface area contributed by atoms with E-state index in [0.29, 0.717) is 38.3 Å². The van der Waals surface area contributed by atoms with Gasteiger partial charge in [-0.25, -0.2) is 4.98 Å². The van der Waals surface area contributed by atoms with Crippen molar-refractivity contribution in [1.82, 2.24) is 4.98 Å². The first-order valence-electron chi connectivity index (χ1n) is 6.17. The van der Waals surface area contributed by atoms with Gasteiger partial charge in [0, 0.05) is 12.5 Å². The third kappa shape index (κ3) is 2.73. The highest BCUT2D eigenvalue weighted by Crippen LogP contribution is 2.30. The predicted molar refractivity (Wildman–Crippen MR) is 83.2 cm³/mol. The van der Waals surface area contributed by atoms with Crippen LogP contribution in [0.2, 0.25) is 10.0 Å². The standard InChI is InChI=1S/C15H10Cl2N2O2/c1-8-18-12-7-9(5-6-13(12)21-8)15(20)19-14-10(16)3-2-4-11(14)17/h2-7H,1H3,(H,19,20). The number of hydrogen-bond donors (Lipinski definition) is 1. The molecule has 3 aromatic rings. The van der Waals surface area contributed by atoms with Crippen molar-refractivity contribution >= 4 is 45.9 Å². The van der Waals surface area contributed by atoms with Crippen molar-refractivity contribution in [2.45, 2.75) is 6.92 Å². The lowest BCUT2D eigenvalue weighted by atomic mass is 10.2. The largest absolute Gasteiger partial charge is 0.441 e. The van der Waals surface area contributed by atoms with E-state index in [0.717, 1.165) is 0 Å². The average Bonchev–Trinajstić information content (AvgIpc) is 2.81. The first-order valence-corrected chi connectivity index (χ1v) is 6.93. The van der Waals surface area contributed by atoms with Crippen LogP contribution in [-0.4, -0.2) is 10.9 Å². The van der Waals surface area contributed by atoms with Crippen molar-refractivity contribution < 1.29 is 9.21 Å². The highest BCUT2D eigenvalue weighted by molar-refractivity contribution is 6.40. The van der Waals surface area contributed by atoms with Crippen LogP contribution in [0.1, 0.15) is 16.2 Å². The molecule has 0 spiro atoms. The SMILES string of the molecule is Cc1nc2cc(C(=O)Nc3c(Cl)cccc3Cl)ccc2o1. The van der Waals surface area contributed by atoms with E-state index in [2.05, 4.69) is 10.3 Å². The van der Waals surface area contributed by atoms with E-state index in [4.69, 9.17) is 27.6 Å². The van der Waals surface area contributed by atoms with E-state index in [1.54, 1.807) is 43.3 Å². The molecule has 0 saturated heterocycles. The monoisotopic (exact) mass is 320 g/mol. The zero-order valence-electron chi connectivity index (χ0n) is 11.0. The Morgan fingerprint density at radius 2 is 1.90 bits per heavy atom. The van der Waals surface area contributed by atoms with Crippen LogP contribution in [0, 0.1) is 6.92 Å². The van der Waals surface area contributed by atoms with Crippen molar-refractivity contribution in [2.24, 2.45) is 0 Å². The fourth-order valence-electron chi connectivity index (χ4n) is 1.99. The summed E-state index contributed by atoms with van der Waals surface area (Å²) in [7, 11) is 0.